The van der Waals surface area contributed by atoms with Crippen LogP contribution in [0.4, 0.5) is 10.2 Å². The van der Waals surface area contributed by atoms with Crippen LogP contribution in [0.15, 0.2) is 53.0 Å². The quantitative estimate of drug-likeness (QED) is 0.642. The molecule has 0 spiro atoms. The summed E-state index contributed by atoms with van der Waals surface area (Å²) in [6.45, 7) is 2.49. The summed E-state index contributed by atoms with van der Waals surface area (Å²) in [4.78, 5) is 4.31. The molecule has 1 aromatic heterocycles. The lowest BCUT2D eigenvalue weighted by molar-refractivity contribution is 0.340. The van der Waals surface area contributed by atoms with Crippen molar-refractivity contribution in [2.24, 2.45) is 0 Å². The van der Waals surface area contributed by atoms with E-state index in [1.165, 1.54) is 6.07 Å². The van der Waals surface area contributed by atoms with Gasteiger partial charge in [0, 0.05) is 21.2 Å². The monoisotopic (exact) mass is 411 g/mol. The Morgan fingerprint density at radius 3 is 2.54 bits per heavy atom. The van der Waals surface area contributed by atoms with E-state index in [1.807, 2.05) is 37.3 Å². The molecule has 1 heterocycles. The standard InChI is InChI=1S/C20H15BrFN3O/c1-2-26-14-6-3-12(4-7-14)19-10-15(17(11-23)20(24)25-19)16-9-13(21)5-8-18(16)22/h3-10H,2H2,1H3,(H2,24,25). The first-order valence-electron chi connectivity index (χ1n) is 7.92. The number of pyridine rings is 1. The van der Waals surface area contributed by atoms with E-state index in [0.29, 0.717) is 22.3 Å². The lowest BCUT2D eigenvalue weighted by Crippen LogP contribution is -2.01. The minimum Gasteiger partial charge on any atom is -0.494 e. The molecule has 0 amide bonds. The Balaban J connectivity index is 2.16. The zero-order valence-electron chi connectivity index (χ0n) is 14.0. The average Bonchev–Trinajstić information content (AvgIpc) is 2.64. The second-order valence-electron chi connectivity index (χ2n) is 5.51. The number of nitrogen functional groups attached to an aromatic ring is 1. The molecule has 3 rings (SSSR count). The first-order chi connectivity index (χ1) is 12.5. The van der Waals surface area contributed by atoms with Crippen molar-refractivity contribution in [3.63, 3.8) is 0 Å². The minimum atomic E-state index is -0.437. The third-order valence-corrected chi connectivity index (χ3v) is 4.33. The fourth-order valence-corrected chi connectivity index (χ4v) is 3.00. The number of aromatic nitrogens is 1. The molecular weight excluding hydrogens is 397 g/mol. The van der Waals surface area contributed by atoms with Crippen molar-refractivity contribution in [1.29, 1.82) is 5.26 Å². The topological polar surface area (TPSA) is 71.9 Å². The zero-order chi connectivity index (χ0) is 18.7. The number of anilines is 1. The zero-order valence-corrected chi connectivity index (χ0v) is 15.5. The molecule has 0 radical (unpaired) electrons. The number of halogens is 2. The molecule has 6 heteroatoms. The Bertz CT molecular complexity index is 997. The van der Waals surface area contributed by atoms with Crippen molar-refractivity contribution in [1.82, 2.24) is 4.98 Å². The molecule has 0 bridgehead atoms. The van der Waals surface area contributed by atoms with Gasteiger partial charge < -0.3 is 10.5 Å². The third kappa shape index (κ3) is 3.53. The second kappa shape index (κ2) is 7.54. The molecule has 2 aromatic carbocycles. The summed E-state index contributed by atoms with van der Waals surface area (Å²) in [6.07, 6.45) is 0. The molecule has 4 nitrogen and oxygen atoms in total. The molecule has 0 atom stereocenters. The number of rotatable bonds is 4. The van der Waals surface area contributed by atoms with Crippen molar-refractivity contribution in [3.05, 3.63) is 64.4 Å². The Morgan fingerprint density at radius 2 is 1.88 bits per heavy atom. The highest BCUT2D eigenvalue weighted by molar-refractivity contribution is 9.10. The predicted molar refractivity (Wildman–Crippen MR) is 103 cm³/mol. The molecule has 0 aliphatic rings. The molecule has 130 valence electrons. The van der Waals surface area contributed by atoms with Crippen LogP contribution in [0.2, 0.25) is 0 Å². The minimum absolute atomic E-state index is 0.0632. The number of nitriles is 1. The normalized spacial score (nSPS) is 10.4. The van der Waals surface area contributed by atoms with Crippen LogP contribution in [-0.4, -0.2) is 11.6 Å². The van der Waals surface area contributed by atoms with Crippen LogP contribution in [0.5, 0.6) is 5.75 Å². The van der Waals surface area contributed by atoms with E-state index < -0.39 is 5.82 Å². The summed E-state index contributed by atoms with van der Waals surface area (Å²) in [7, 11) is 0. The Morgan fingerprint density at radius 1 is 1.15 bits per heavy atom. The van der Waals surface area contributed by atoms with Gasteiger partial charge in [0.25, 0.3) is 0 Å². The number of benzene rings is 2. The fourth-order valence-electron chi connectivity index (χ4n) is 2.64. The summed E-state index contributed by atoms with van der Waals surface area (Å²) in [5, 5.41) is 9.46. The highest BCUT2D eigenvalue weighted by Crippen LogP contribution is 2.34. The number of ether oxygens (including phenoxy) is 1. The maximum Gasteiger partial charge on any atom is 0.142 e. The largest absolute Gasteiger partial charge is 0.494 e. The lowest BCUT2D eigenvalue weighted by atomic mass is 9.98. The molecule has 0 aliphatic carbocycles. The van der Waals surface area contributed by atoms with Gasteiger partial charge in [-0.3, -0.25) is 0 Å². The van der Waals surface area contributed by atoms with E-state index in [4.69, 9.17) is 10.5 Å². The maximum atomic E-state index is 14.4. The van der Waals surface area contributed by atoms with Crippen LogP contribution in [-0.2, 0) is 0 Å². The Hall–Kier alpha value is -2.91. The third-order valence-electron chi connectivity index (χ3n) is 3.84. The van der Waals surface area contributed by atoms with E-state index >= 15 is 0 Å². The Kier molecular flexibility index (Phi) is 5.19. The number of nitrogens with two attached hydrogens (primary N) is 1. The molecule has 0 aliphatic heterocycles. The Labute approximate surface area is 159 Å². The summed E-state index contributed by atoms with van der Waals surface area (Å²) >= 11 is 3.33. The molecule has 0 saturated carbocycles. The van der Waals surface area contributed by atoms with Gasteiger partial charge >= 0.3 is 0 Å². The smallest absolute Gasteiger partial charge is 0.142 e. The highest BCUT2D eigenvalue weighted by Gasteiger charge is 2.16. The van der Waals surface area contributed by atoms with Crippen LogP contribution in [0, 0.1) is 17.1 Å². The first kappa shape index (κ1) is 17.9. The molecule has 0 unspecified atom stereocenters. The molecule has 0 fully saturated rings. The highest BCUT2D eigenvalue weighted by atomic mass is 79.9. The molecule has 26 heavy (non-hydrogen) atoms. The number of nitrogens with zero attached hydrogens (tertiary/aromatic N) is 2. The molecule has 2 N–H and O–H groups in total. The van der Waals surface area contributed by atoms with Gasteiger partial charge in [0.15, 0.2) is 0 Å². The molecule has 3 aromatic rings. The summed E-state index contributed by atoms with van der Waals surface area (Å²) < 4.78 is 20.5. The average molecular weight is 412 g/mol. The van der Waals surface area contributed by atoms with E-state index in [1.54, 1.807) is 18.2 Å². The fraction of sp³-hybridized carbons (Fsp3) is 0.100. The van der Waals surface area contributed by atoms with Crippen LogP contribution in [0.25, 0.3) is 22.4 Å². The van der Waals surface area contributed by atoms with Gasteiger partial charge in [-0.25, -0.2) is 9.37 Å². The maximum absolute atomic E-state index is 14.4. The van der Waals surface area contributed by atoms with Gasteiger partial charge in [0.05, 0.1) is 12.3 Å². The van der Waals surface area contributed by atoms with Crippen molar-refractivity contribution in [2.45, 2.75) is 6.92 Å². The van der Waals surface area contributed by atoms with E-state index in [2.05, 4.69) is 20.9 Å². The van der Waals surface area contributed by atoms with Crippen molar-refractivity contribution < 1.29 is 9.13 Å². The predicted octanol–water partition coefficient (Wildman–Crippen LogP) is 5.17. The van der Waals surface area contributed by atoms with Crippen LogP contribution in [0.3, 0.4) is 0 Å². The first-order valence-corrected chi connectivity index (χ1v) is 8.72. The van der Waals surface area contributed by atoms with Crippen molar-refractivity contribution in [2.75, 3.05) is 12.3 Å². The van der Waals surface area contributed by atoms with Crippen molar-refractivity contribution in [3.8, 4) is 34.2 Å². The van der Waals surface area contributed by atoms with Gasteiger partial charge in [0.1, 0.15) is 29.0 Å². The summed E-state index contributed by atoms with van der Waals surface area (Å²) in [5.74, 6) is 0.373. The van der Waals surface area contributed by atoms with Crippen molar-refractivity contribution >= 4 is 21.7 Å². The number of hydrogen-bond donors (Lipinski definition) is 1. The summed E-state index contributed by atoms with van der Waals surface area (Å²) in [5.41, 5.74) is 8.17. The van der Waals surface area contributed by atoms with Gasteiger partial charge in [-0.05, 0) is 55.5 Å². The van der Waals surface area contributed by atoms with Crippen LogP contribution in [0.1, 0.15) is 12.5 Å². The van der Waals surface area contributed by atoms with Crippen LogP contribution < -0.4 is 10.5 Å². The van der Waals surface area contributed by atoms with E-state index in [0.717, 1.165) is 11.3 Å². The van der Waals surface area contributed by atoms with Crippen LogP contribution >= 0.6 is 15.9 Å². The molecular formula is C20H15BrFN3O. The van der Waals surface area contributed by atoms with E-state index in [-0.39, 0.29) is 16.9 Å². The van der Waals surface area contributed by atoms with E-state index in [9.17, 15) is 9.65 Å². The van der Waals surface area contributed by atoms with Gasteiger partial charge in [-0.1, -0.05) is 15.9 Å². The van der Waals surface area contributed by atoms with Gasteiger partial charge in [-0.2, -0.15) is 5.26 Å². The van der Waals surface area contributed by atoms with Gasteiger partial charge in [-0.15, -0.1) is 0 Å². The molecule has 0 saturated heterocycles. The number of hydrogen-bond acceptors (Lipinski definition) is 4. The SMILES string of the molecule is CCOc1ccc(-c2cc(-c3cc(Br)ccc3F)c(C#N)c(N)n2)cc1. The second-order valence-corrected chi connectivity index (χ2v) is 6.42. The summed E-state index contributed by atoms with van der Waals surface area (Å²) in [6, 6.07) is 15.6. The van der Waals surface area contributed by atoms with Gasteiger partial charge in [0.2, 0.25) is 0 Å². The lowest BCUT2D eigenvalue weighted by Gasteiger charge is -2.12.